The summed E-state index contributed by atoms with van der Waals surface area (Å²) in [5.41, 5.74) is 0.699. The first-order valence-corrected chi connectivity index (χ1v) is 10.0. The lowest BCUT2D eigenvalue weighted by Crippen LogP contribution is -2.57. The van der Waals surface area contributed by atoms with E-state index >= 15 is 0 Å². The smallest absolute Gasteiger partial charge is 0.254 e. The summed E-state index contributed by atoms with van der Waals surface area (Å²) in [6.45, 7) is 4.42. The molecule has 4 unspecified atom stereocenters. The molecule has 0 radical (unpaired) electrons. The van der Waals surface area contributed by atoms with E-state index in [-0.39, 0.29) is 36.3 Å². The highest BCUT2D eigenvalue weighted by atomic mass is 35.5. The second kappa shape index (κ2) is 8.61. The van der Waals surface area contributed by atoms with E-state index < -0.39 is 0 Å². The second-order valence-electron chi connectivity index (χ2n) is 8.08. The van der Waals surface area contributed by atoms with Crippen LogP contribution in [0.2, 0.25) is 0 Å². The van der Waals surface area contributed by atoms with Gasteiger partial charge in [0.15, 0.2) is 0 Å². The van der Waals surface area contributed by atoms with Crippen molar-refractivity contribution in [2.45, 2.75) is 57.2 Å². The molecule has 3 aliphatic rings. The molecule has 1 saturated carbocycles. The van der Waals surface area contributed by atoms with Crippen LogP contribution in [-0.4, -0.2) is 59.4 Å². The Morgan fingerprint density at radius 3 is 2.59 bits per heavy atom. The van der Waals surface area contributed by atoms with Crippen molar-refractivity contribution >= 4 is 24.2 Å². The molecule has 2 heterocycles. The van der Waals surface area contributed by atoms with Gasteiger partial charge in [-0.05, 0) is 44.2 Å². The van der Waals surface area contributed by atoms with Crippen molar-refractivity contribution in [1.82, 2.24) is 15.1 Å². The van der Waals surface area contributed by atoms with Crippen LogP contribution in [-0.2, 0) is 4.79 Å². The van der Waals surface area contributed by atoms with Gasteiger partial charge in [0.1, 0.15) is 6.04 Å². The molecule has 1 aromatic carbocycles. The molecule has 0 spiro atoms. The van der Waals surface area contributed by atoms with Crippen LogP contribution >= 0.6 is 12.4 Å². The van der Waals surface area contributed by atoms with Gasteiger partial charge in [-0.2, -0.15) is 0 Å². The van der Waals surface area contributed by atoms with Gasteiger partial charge in [0.05, 0.1) is 0 Å². The van der Waals surface area contributed by atoms with Crippen molar-refractivity contribution in [3.63, 3.8) is 0 Å². The predicted octanol–water partition coefficient (Wildman–Crippen LogP) is 2.70. The zero-order valence-corrected chi connectivity index (χ0v) is 16.8. The van der Waals surface area contributed by atoms with E-state index in [9.17, 15) is 9.59 Å². The largest absolute Gasteiger partial charge is 0.338 e. The Morgan fingerprint density at radius 1 is 1.11 bits per heavy atom. The standard InChI is InChI=1S/C21H29N3O2.ClH/c1-15-14-23(12-11-22-15)21(26)19-13-17-9-5-6-10-18(17)24(19)20(25)16-7-3-2-4-8-16;/h2-4,7-8,15,17-19,22H,5-6,9-14H2,1H3;1H. The number of hydrogen-bond donors (Lipinski definition) is 1. The van der Waals surface area contributed by atoms with Crippen molar-refractivity contribution in [1.29, 1.82) is 0 Å². The number of nitrogens with zero attached hydrogens (tertiary/aromatic N) is 2. The Labute approximate surface area is 167 Å². The molecule has 5 nitrogen and oxygen atoms in total. The number of likely N-dealkylation sites (tertiary alicyclic amines) is 1. The number of benzene rings is 1. The van der Waals surface area contributed by atoms with E-state index in [2.05, 4.69) is 12.2 Å². The normalized spacial score (nSPS) is 30.4. The van der Waals surface area contributed by atoms with Gasteiger partial charge < -0.3 is 15.1 Å². The number of halogens is 1. The van der Waals surface area contributed by atoms with E-state index in [4.69, 9.17) is 0 Å². The van der Waals surface area contributed by atoms with E-state index in [0.29, 0.717) is 17.5 Å². The third kappa shape index (κ3) is 3.99. The fourth-order valence-electron chi connectivity index (χ4n) is 5.05. The summed E-state index contributed by atoms with van der Waals surface area (Å²) in [5, 5.41) is 3.39. The molecule has 148 valence electrons. The van der Waals surface area contributed by atoms with Crippen molar-refractivity contribution in [2.24, 2.45) is 5.92 Å². The lowest BCUT2D eigenvalue weighted by atomic mass is 9.84. The van der Waals surface area contributed by atoms with Crippen LogP contribution in [0, 0.1) is 5.92 Å². The van der Waals surface area contributed by atoms with Gasteiger partial charge in [-0.3, -0.25) is 9.59 Å². The summed E-state index contributed by atoms with van der Waals surface area (Å²) < 4.78 is 0. The molecule has 2 saturated heterocycles. The molecule has 0 bridgehead atoms. The quantitative estimate of drug-likeness (QED) is 0.843. The van der Waals surface area contributed by atoms with Gasteiger partial charge in [0, 0.05) is 37.3 Å². The summed E-state index contributed by atoms with van der Waals surface area (Å²) in [7, 11) is 0. The van der Waals surface area contributed by atoms with Crippen LogP contribution in [0.25, 0.3) is 0 Å². The Bertz CT molecular complexity index is 669. The minimum atomic E-state index is -0.291. The molecule has 2 amide bonds. The number of piperazine rings is 1. The van der Waals surface area contributed by atoms with Gasteiger partial charge in [-0.1, -0.05) is 31.0 Å². The number of amides is 2. The first kappa shape index (κ1) is 20.2. The first-order valence-electron chi connectivity index (χ1n) is 10.0. The van der Waals surface area contributed by atoms with Crippen LogP contribution in [0.4, 0.5) is 0 Å². The summed E-state index contributed by atoms with van der Waals surface area (Å²) in [5.74, 6) is 0.657. The van der Waals surface area contributed by atoms with Gasteiger partial charge in [0.2, 0.25) is 5.91 Å². The molecule has 4 rings (SSSR count). The average Bonchev–Trinajstić information content (AvgIpc) is 3.07. The highest BCUT2D eigenvalue weighted by Crippen LogP contribution is 2.41. The Kier molecular flexibility index (Phi) is 6.43. The fourth-order valence-corrected chi connectivity index (χ4v) is 5.05. The maximum Gasteiger partial charge on any atom is 0.254 e. The summed E-state index contributed by atoms with van der Waals surface area (Å²) >= 11 is 0. The summed E-state index contributed by atoms with van der Waals surface area (Å²) in [6, 6.07) is 9.71. The SMILES string of the molecule is CC1CN(C(=O)C2CC3CCCCC3N2C(=O)c2ccccc2)CCN1.Cl. The molecule has 4 atom stereocenters. The highest BCUT2D eigenvalue weighted by Gasteiger charge is 2.48. The van der Waals surface area contributed by atoms with Crippen molar-refractivity contribution in [3.05, 3.63) is 35.9 Å². The van der Waals surface area contributed by atoms with Gasteiger partial charge >= 0.3 is 0 Å². The molecule has 3 fully saturated rings. The molecular weight excluding hydrogens is 362 g/mol. The van der Waals surface area contributed by atoms with Crippen molar-refractivity contribution < 1.29 is 9.59 Å². The Balaban J connectivity index is 0.00000210. The van der Waals surface area contributed by atoms with Crippen LogP contribution in [0.5, 0.6) is 0 Å². The molecular formula is C21H30ClN3O2. The molecule has 2 aliphatic heterocycles. The van der Waals surface area contributed by atoms with Crippen molar-refractivity contribution in [2.75, 3.05) is 19.6 Å². The maximum absolute atomic E-state index is 13.3. The third-order valence-corrected chi connectivity index (χ3v) is 6.31. The van der Waals surface area contributed by atoms with E-state index in [1.807, 2.05) is 40.1 Å². The van der Waals surface area contributed by atoms with Crippen LogP contribution < -0.4 is 5.32 Å². The topological polar surface area (TPSA) is 52.7 Å². The van der Waals surface area contributed by atoms with Crippen LogP contribution in [0.15, 0.2) is 30.3 Å². The Morgan fingerprint density at radius 2 is 1.85 bits per heavy atom. The molecule has 1 aromatic rings. The number of carbonyl (C=O) groups is 2. The number of hydrogen-bond acceptors (Lipinski definition) is 3. The van der Waals surface area contributed by atoms with Crippen molar-refractivity contribution in [3.8, 4) is 0 Å². The highest BCUT2D eigenvalue weighted by molar-refractivity contribution is 5.98. The monoisotopic (exact) mass is 391 g/mol. The summed E-state index contributed by atoms with van der Waals surface area (Å²) in [4.78, 5) is 30.6. The van der Waals surface area contributed by atoms with E-state index in [0.717, 1.165) is 45.3 Å². The molecule has 0 aromatic heterocycles. The average molecular weight is 392 g/mol. The number of fused-ring (bicyclic) bond motifs is 1. The van der Waals surface area contributed by atoms with Gasteiger partial charge in [-0.25, -0.2) is 0 Å². The zero-order valence-electron chi connectivity index (χ0n) is 16.0. The molecule has 6 heteroatoms. The van der Waals surface area contributed by atoms with E-state index in [1.54, 1.807) is 0 Å². The predicted molar refractivity (Wildman–Crippen MR) is 108 cm³/mol. The molecule has 27 heavy (non-hydrogen) atoms. The minimum absolute atomic E-state index is 0. The fraction of sp³-hybridized carbons (Fsp3) is 0.619. The molecule has 1 aliphatic carbocycles. The first-order chi connectivity index (χ1) is 12.6. The molecule has 1 N–H and O–H groups in total. The number of carbonyl (C=O) groups excluding carboxylic acids is 2. The van der Waals surface area contributed by atoms with Gasteiger partial charge in [-0.15, -0.1) is 12.4 Å². The van der Waals surface area contributed by atoms with Crippen LogP contribution in [0.1, 0.15) is 49.4 Å². The maximum atomic E-state index is 13.3. The number of rotatable bonds is 2. The third-order valence-electron chi connectivity index (χ3n) is 6.31. The zero-order chi connectivity index (χ0) is 18.1. The second-order valence-corrected chi connectivity index (χ2v) is 8.08. The lowest BCUT2D eigenvalue weighted by Gasteiger charge is -2.37. The minimum Gasteiger partial charge on any atom is -0.338 e. The van der Waals surface area contributed by atoms with Gasteiger partial charge in [0.25, 0.3) is 5.91 Å². The number of nitrogens with one attached hydrogen (secondary N) is 1. The summed E-state index contributed by atoms with van der Waals surface area (Å²) in [6.07, 6.45) is 5.39. The Hall–Kier alpha value is -1.59. The lowest BCUT2D eigenvalue weighted by molar-refractivity contribution is -0.136. The van der Waals surface area contributed by atoms with Crippen LogP contribution in [0.3, 0.4) is 0 Å². The van der Waals surface area contributed by atoms with E-state index in [1.165, 1.54) is 6.42 Å².